The number of rotatable bonds is 3. The summed E-state index contributed by atoms with van der Waals surface area (Å²) in [6.07, 6.45) is 12.4. The van der Waals surface area contributed by atoms with Crippen molar-refractivity contribution in [1.29, 1.82) is 5.26 Å². The molecule has 1 heterocycles. The number of hydrogen-bond donors (Lipinski definition) is 1. The van der Waals surface area contributed by atoms with Crippen LogP contribution >= 0.6 is 0 Å². The molecule has 31 heavy (non-hydrogen) atoms. The molecule has 1 N–H and O–H groups in total. The molecule has 2 aromatic rings. The van der Waals surface area contributed by atoms with Gasteiger partial charge in [0.15, 0.2) is 0 Å². The Kier molecular flexibility index (Phi) is 5.09. The average Bonchev–Trinajstić information content (AvgIpc) is 2.80. The van der Waals surface area contributed by atoms with Gasteiger partial charge in [-0.25, -0.2) is 9.98 Å². The molecule has 0 radical (unpaired) electrons. The number of amidine groups is 1. The number of nitriles is 1. The van der Waals surface area contributed by atoms with Crippen molar-refractivity contribution in [2.75, 3.05) is 0 Å². The van der Waals surface area contributed by atoms with E-state index < -0.39 is 0 Å². The average molecular weight is 405 g/mol. The van der Waals surface area contributed by atoms with Crippen molar-refractivity contribution in [3.8, 4) is 6.07 Å². The molecule has 1 aliphatic heterocycles. The van der Waals surface area contributed by atoms with Crippen molar-refractivity contribution < 1.29 is 0 Å². The van der Waals surface area contributed by atoms with Crippen molar-refractivity contribution in [2.24, 2.45) is 21.8 Å². The summed E-state index contributed by atoms with van der Waals surface area (Å²) in [4.78, 5) is 9.12. The molecule has 2 aromatic carbocycles. The largest absolute Gasteiger partial charge is 0.347 e. The highest BCUT2D eigenvalue weighted by atomic mass is 15.1. The normalized spacial score (nSPS) is 22.4. The monoisotopic (exact) mass is 404 g/mol. The molecule has 0 saturated heterocycles. The zero-order valence-corrected chi connectivity index (χ0v) is 17.5. The maximum absolute atomic E-state index is 9.00. The fourth-order valence-electron chi connectivity index (χ4n) is 4.52. The van der Waals surface area contributed by atoms with Crippen molar-refractivity contribution in [1.82, 2.24) is 5.32 Å². The fraction of sp³-hybridized carbons (Fsp3) is 0.222. The fourth-order valence-corrected chi connectivity index (χ4v) is 4.52. The summed E-state index contributed by atoms with van der Waals surface area (Å²) in [6.45, 7) is 2.18. The molecule has 4 heteroatoms. The van der Waals surface area contributed by atoms with Crippen LogP contribution in [0.1, 0.15) is 31.7 Å². The van der Waals surface area contributed by atoms with Crippen molar-refractivity contribution in [3.05, 3.63) is 89.3 Å². The molecule has 0 saturated carbocycles. The smallest absolute Gasteiger partial charge is 0.117 e. The Morgan fingerprint density at radius 3 is 2.74 bits per heavy atom. The summed E-state index contributed by atoms with van der Waals surface area (Å²) in [5.41, 5.74) is 5.93. The molecule has 3 aliphatic rings. The Morgan fingerprint density at radius 2 is 1.90 bits per heavy atom. The highest BCUT2D eigenvalue weighted by Gasteiger charge is 2.28. The second-order valence-electron chi connectivity index (χ2n) is 8.36. The first-order valence-electron chi connectivity index (χ1n) is 10.7. The molecular formula is C27H24N4. The van der Waals surface area contributed by atoms with Crippen LogP contribution in [0.4, 0.5) is 0 Å². The van der Waals surface area contributed by atoms with Gasteiger partial charge in [-0.1, -0.05) is 61.0 Å². The molecule has 2 unspecified atom stereocenters. The summed E-state index contributed by atoms with van der Waals surface area (Å²) >= 11 is 0. The first-order chi connectivity index (χ1) is 15.2. The summed E-state index contributed by atoms with van der Waals surface area (Å²) in [7, 11) is 0. The van der Waals surface area contributed by atoms with E-state index >= 15 is 0 Å². The number of benzene rings is 2. The lowest BCUT2D eigenvalue weighted by molar-refractivity contribution is 0.628. The second kappa shape index (κ2) is 8.20. The number of allylic oxidation sites excluding steroid dienone is 7. The van der Waals surface area contributed by atoms with Gasteiger partial charge in [-0.15, -0.1) is 0 Å². The molecule has 2 atom stereocenters. The van der Waals surface area contributed by atoms with Gasteiger partial charge in [-0.05, 0) is 58.9 Å². The number of nitrogens with one attached hydrogen (secondary N) is 1. The summed E-state index contributed by atoms with van der Waals surface area (Å²) in [5, 5.41) is 15.1. The van der Waals surface area contributed by atoms with Crippen LogP contribution < -0.4 is 5.32 Å². The lowest BCUT2D eigenvalue weighted by Gasteiger charge is -2.29. The maximum Gasteiger partial charge on any atom is 0.117 e. The van der Waals surface area contributed by atoms with Gasteiger partial charge in [0.2, 0.25) is 0 Å². The van der Waals surface area contributed by atoms with Gasteiger partial charge in [0.05, 0.1) is 24.1 Å². The van der Waals surface area contributed by atoms with E-state index in [2.05, 4.69) is 95.1 Å². The first-order valence-corrected chi connectivity index (χ1v) is 10.7. The first kappa shape index (κ1) is 19.3. The third kappa shape index (κ3) is 3.87. The quantitative estimate of drug-likeness (QED) is 0.690. The molecule has 0 aromatic heterocycles. The molecule has 0 fully saturated rings. The van der Waals surface area contributed by atoms with Crippen LogP contribution in [0.15, 0.2) is 93.7 Å². The Labute approximate surface area is 182 Å². The van der Waals surface area contributed by atoms with E-state index in [1.165, 1.54) is 27.5 Å². The van der Waals surface area contributed by atoms with Crippen LogP contribution in [0, 0.1) is 23.2 Å². The van der Waals surface area contributed by atoms with E-state index in [1.54, 1.807) is 6.34 Å². The van der Waals surface area contributed by atoms with Crippen LogP contribution in [-0.4, -0.2) is 12.2 Å². The molecule has 152 valence electrons. The second-order valence-corrected chi connectivity index (χ2v) is 8.36. The molecule has 2 aliphatic carbocycles. The minimum Gasteiger partial charge on any atom is -0.347 e. The van der Waals surface area contributed by atoms with E-state index in [9.17, 15) is 0 Å². The lowest BCUT2D eigenvalue weighted by atomic mass is 9.85. The molecule has 0 amide bonds. The van der Waals surface area contributed by atoms with Crippen molar-refractivity contribution in [3.63, 3.8) is 0 Å². The van der Waals surface area contributed by atoms with E-state index in [0.717, 1.165) is 30.1 Å². The van der Waals surface area contributed by atoms with Gasteiger partial charge in [0.25, 0.3) is 0 Å². The lowest BCUT2D eigenvalue weighted by Crippen LogP contribution is -2.35. The zero-order valence-electron chi connectivity index (χ0n) is 17.5. The molecule has 5 rings (SSSR count). The Balaban J connectivity index is 1.38. The van der Waals surface area contributed by atoms with Gasteiger partial charge >= 0.3 is 0 Å². The number of fused-ring (bicyclic) bond motifs is 2. The zero-order chi connectivity index (χ0) is 21.2. The van der Waals surface area contributed by atoms with Gasteiger partial charge in [-0.2, -0.15) is 5.26 Å². The third-order valence-corrected chi connectivity index (χ3v) is 6.32. The van der Waals surface area contributed by atoms with Gasteiger partial charge in [0.1, 0.15) is 12.2 Å². The molecule has 0 spiro atoms. The van der Waals surface area contributed by atoms with Crippen molar-refractivity contribution in [2.45, 2.75) is 26.2 Å². The molecule has 4 nitrogen and oxygen atoms in total. The van der Waals surface area contributed by atoms with Crippen LogP contribution in [0.2, 0.25) is 0 Å². The standard InChI is InChI=1S/C27H24N4/c1-18-14-24(10-8-19(18)12-13-28)31-27-25-16-23(9-11-26(25)29-17-30-27)22-7-6-20-4-2-3-5-21(20)15-22/h2-11,15,17-18,25H,12,14,16H2,1H3,(H,29,30,31). The predicted molar refractivity (Wildman–Crippen MR) is 127 cm³/mol. The van der Waals surface area contributed by atoms with Crippen LogP contribution in [0.25, 0.3) is 16.3 Å². The Hall–Kier alpha value is -3.71. The number of nitrogens with zero attached hydrogens (tertiary/aromatic N) is 3. The summed E-state index contributed by atoms with van der Waals surface area (Å²) in [6, 6.07) is 17.4. The Bertz CT molecular complexity index is 1260. The highest BCUT2D eigenvalue weighted by molar-refractivity contribution is 5.98. The summed E-state index contributed by atoms with van der Waals surface area (Å²) in [5.74, 6) is 1.43. The SMILES string of the molecule is CC1CC(NC2=NC=NC3=CC=C(c4ccc5ccccc5c4)CC32)=CC=C1CC#N. The highest BCUT2D eigenvalue weighted by Crippen LogP contribution is 2.35. The van der Waals surface area contributed by atoms with E-state index in [4.69, 9.17) is 5.26 Å². The minimum absolute atomic E-state index is 0.122. The third-order valence-electron chi connectivity index (χ3n) is 6.32. The van der Waals surface area contributed by atoms with Crippen LogP contribution in [0.5, 0.6) is 0 Å². The van der Waals surface area contributed by atoms with E-state index in [0.29, 0.717) is 12.3 Å². The summed E-state index contributed by atoms with van der Waals surface area (Å²) < 4.78 is 0. The van der Waals surface area contributed by atoms with Crippen molar-refractivity contribution >= 4 is 28.5 Å². The molecule has 0 bridgehead atoms. The van der Waals surface area contributed by atoms with Gasteiger partial charge in [0, 0.05) is 5.70 Å². The maximum atomic E-state index is 9.00. The van der Waals surface area contributed by atoms with Crippen LogP contribution in [0.3, 0.4) is 0 Å². The van der Waals surface area contributed by atoms with Gasteiger partial charge in [-0.3, -0.25) is 0 Å². The topological polar surface area (TPSA) is 60.5 Å². The predicted octanol–water partition coefficient (Wildman–Crippen LogP) is 5.92. The van der Waals surface area contributed by atoms with Gasteiger partial charge < -0.3 is 5.32 Å². The minimum atomic E-state index is 0.122. The number of hydrogen-bond acceptors (Lipinski definition) is 4. The number of aliphatic imine (C=N–C) groups is 2. The van der Waals surface area contributed by atoms with E-state index in [1.807, 2.05) is 0 Å². The van der Waals surface area contributed by atoms with Crippen LogP contribution in [-0.2, 0) is 0 Å². The van der Waals surface area contributed by atoms with E-state index in [-0.39, 0.29) is 5.92 Å². The molecular weight excluding hydrogens is 380 g/mol. The Morgan fingerprint density at radius 1 is 1.03 bits per heavy atom.